The van der Waals surface area contributed by atoms with Gasteiger partial charge < -0.3 is 0 Å². The van der Waals surface area contributed by atoms with Gasteiger partial charge in [0.2, 0.25) is 0 Å². The summed E-state index contributed by atoms with van der Waals surface area (Å²) in [7, 11) is 0. The highest BCUT2D eigenvalue weighted by molar-refractivity contribution is 5.86. The molecule has 1 fully saturated rings. The molecule has 50 heavy (non-hydrogen) atoms. The van der Waals surface area contributed by atoms with Crippen molar-refractivity contribution in [2.45, 2.75) is 37.5 Å². The van der Waals surface area contributed by atoms with Crippen molar-refractivity contribution in [1.82, 2.24) is 19.9 Å². The minimum absolute atomic E-state index is 0.00145. The summed E-state index contributed by atoms with van der Waals surface area (Å²) in [5, 5.41) is 9.74. The van der Waals surface area contributed by atoms with Gasteiger partial charge in [0.15, 0.2) is 17.5 Å². The lowest BCUT2D eigenvalue weighted by Gasteiger charge is -2.36. The van der Waals surface area contributed by atoms with E-state index in [-0.39, 0.29) is 5.41 Å². The van der Waals surface area contributed by atoms with Crippen LogP contribution < -0.4 is 0 Å². The molecule has 238 valence electrons. The molecule has 0 atom stereocenters. The zero-order chi connectivity index (χ0) is 33.5. The van der Waals surface area contributed by atoms with Crippen LogP contribution in [-0.4, -0.2) is 19.9 Å². The summed E-state index contributed by atoms with van der Waals surface area (Å²) < 4.78 is 0. The molecule has 5 nitrogen and oxygen atoms in total. The van der Waals surface area contributed by atoms with Gasteiger partial charge in [0.05, 0.1) is 11.6 Å². The Balaban J connectivity index is 1.12. The van der Waals surface area contributed by atoms with Crippen LogP contribution in [0.4, 0.5) is 0 Å². The van der Waals surface area contributed by atoms with E-state index in [2.05, 4.69) is 96.0 Å². The van der Waals surface area contributed by atoms with Gasteiger partial charge in [-0.25, -0.2) is 15.0 Å². The summed E-state index contributed by atoms with van der Waals surface area (Å²) in [5.41, 5.74) is 13.2. The van der Waals surface area contributed by atoms with Crippen LogP contribution in [0, 0.1) is 11.3 Å². The topological polar surface area (TPSA) is 75.3 Å². The minimum Gasteiger partial charge on any atom is -0.264 e. The third kappa shape index (κ3) is 5.17. The number of rotatable bonds is 5. The largest absolute Gasteiger partial charge is 0.264 e. The van der Waals surface area contributed by atoms with Gasteiger partial charge in [0, 0.05) is 34.5 Å². The molecule has 2 heterocycles. The van der Waals surface area contributed by atoms with E-state index in [1.54, 1.807) is 6.20 Å². The third-order valence-corrected chi connectivity index (χ3v) is 10.5. The Morgan fingerprint density at radius 3 is 1.86 bits per heavy atom. The first-order valence-electron chi connectivity index (χ1n) is 17.3. The summed E-state index contributed by atoms with van der Waals surface area (Å²) in [4.78, 5) is 19.3. The fourth-order valence-electron chi connectivity index (χ4n) is 7.98. The highest BCUT2D eigenvalue weighted by atomic mass is 15.0. The zero-order valence-corrected chi connectivity index (χ0v) is 27.6. The number of hydrogen-bond donors (Lipinski definition) is 0. The highest BCUT2D eigenvalue weighted by Crippen LogP contribution is 2.56. The zero-order valence-electron chi connectivity index (χ0n) is 27.6. The number of pyridine rings is 1. The van der Waals surface area contributed by atoms with Crippen LogP contribution in [0.3, 0.4) is 0 Å². The first-order chi connectivity index (χ1) is 24.7. The van der Waals surface area contributed by atoms with Crippen molar-refractivity contribution in [1.29, 1.82) is 5.26 Å². The highest BCUT2D eigenvalue weighted by Gasteiger charge is 2.43. The molecule has 2 aromatic heterocycles. The average Bonchev–Trinajstić information content (AvgIpc) is 3.45. The molecule has 9 rings (SSSR count). The van der Waals surface area contributed by atoms with E-state index >= 15 is 0 Å². The molecular weight excluding hydrogens is 611 g/mol. The maximum atomic E-state index is 9.74. The summed E-state index contributed by atoms with van der Waals surface area (Å²) in [6.45, 7) is 0. The molecule has 0 unspecified atom stereocenters. The van der Waals surface area contributed by atoms with E-state index < -0.39 is 0 Å². The molecule has 0 radical (unpaired) electrons. The van der Waals surface area contributed by atoms with Crippen LogP contribution in [0.5, 0.6) is 0 Å². The van der Waals surface area contributed by atoms with Gasteiger partial charge in [0.1, 0.15) is 0 Å². The van der Waals surface area contributed by atoms with E-state index in [4.69, 9.17) is 15.0 Å². The Morgan fingerprint density at radius 1 is 0.480 bits per heavy atom. The molecule has 1 spiro atoms. The van der Waals surface area contributed by atoms with Crippen molar-refractivity contribution in [2.75, 3.05) is 0 Å². The number of hydrogen-bond acceptors (Lipinski definition) is 5. The van der Waals surface area contributed by atoms with E-state index in [9.17, 15) is 5.26 Å². The summed E-state index contributed by atoms with van der Waals surface area (Å²) in [6.07, 6.45) is 9.63. The lowest BCUT2D eigenvalue weighted by atomic mass is 9.67. The first kappa shape index (κ1) is 29.9. The molecule has 0 aliphatic heterocycles. The number of nitriles is 1. The lowest BCUT2D eigenvalue weighted by Crippen LogP contribution is -2.28. The Labute approximate surface area is 292 Å². The van der Waals surface area contributed by atoms with Crippen LogP contribution in [-0.2, 0) is 5.41 Å². The maximum absolute atomic E-state index is 9.74. The SMILES string of the molecule is N#Cc1ccc2c(c1)C1(CCCCC1)c1ccc(-c3cccc(-c4nc(-c5ccccc5)nc(-c5ccc(-c6cccnc6)cc5)n4)c3)cc1-2. The van der Waals surface area contributed by atoms with Gasteiger partial charge in [-0.1, -0.05) is 116 Å². The van der Waals surface area contributed by atoms with E-state index in [0.29, 0.717) is 17.5 Å². The predicted octanol–water partition coefficient (Wildman–Crippen LogP) is 10.7. The average molecular weight is 644 g/mol. The van der Waals surface area contributed by atoms with Crippen molar-refractivity contribution in [3.63, 3.8) is 0 Å². The van der Waals surface area contributed by atoms with Gasteiger partial charge in [-0.2, -0.15) is 5.26 Å². The number of aromatic nitrogens is 4. The number of nitrogens with zero attached hydrogens (tertiary/aromatic N) is 5. The van der Waals surface area contributed by atoms with Gasteiger partial charge in [0.25, 0.3) is 0 Å². The molecule has 0 amide bonds. The molecule has 2 aliphatic rings. The van der Waals surface area contributed by atoms with Crippen LogP contribution in [0.2, 0.25) is 0 Å². The van der Waals surface area contributed by atoms with E-state index in [1.807, 2.05) is 48.7 Å². The lowest BCUT2D eigenvalue weighted by molar-refractivity contribution is 0.353. The molecule has 5 aromatic carbocycles. The molecule has 5 heteroatoms. The van der Waals surface area contributed by atoms with Crippen molar-refractivity contribution < 1.29 is 0 Å². The first-order valence-corrected chi connectivity index (χ1v) is 17.3. The van der Waals surface area contributed by atoms with Gasteiger partial charge >= 0.3 is 0 Å². The quantitative estimate of drug-likeness (QED) is 0.187. The smallest absolute Gasteiger partial charge is 0.164 e. The monoisotopic (exact) mass is 643 g/mol. The van der Waals surface area contributed by atoms with Crippen molar-refractivity contribution in [2.24, 2.45) is 0 Å². The van der Waals surface area contributed by atoms with Gasteiger partial charge in [-0.3, -0.25) is 4.98 Å². The normalized spacial score (nSPS) is 14.1. The van der Waals surface area contributed by atoms with Gasteiger partial charge in [-0.15, -0.1) is 0 Å². The van der Waals surface area contributed by atoms with Crippen molar-refractivity contribution in [3.8, 4) is 73.6 Å². The second kappa shape index (κ2) is 12.3. The maximum Gasteiger partial charge on any atom is 0.164 e. The molecule has 2 aliphatic carbocycles. The molecule has 0 N–H and O–H groups in total. The number of benzene rings is 5. The molecule has 0 saturated heterocycles. The minimum atomic E-state index is 0.00145. The Morgan fingerprint density at radius 2 is 1.12 bits per heavy atom. The Hall–Kier alpha value is -6.25. The summed E-state index contributed by atoms with van der Waals surface area (Å²) in [5.74, 6) is 1.89. The van der Waals surface area contributed by atoms with Gasteiger partial charge in [-0.05, 0) is 87.7 Å². The molecule has 0 bridgehead atoms. The van der Waals surface area contributed by atoms with Crippen molar-refractivity contribution >= 4 is 0 Å². The Kier molecular flexibility index (Phi) is 7.36. The summed E-state index contributed by atoms with van der Waals surface area (Å²) in [6, 6.07) is 46.5. The van der Waals surface area contributed by atoms with E-state index in [1.165, 1.54) is 41.5 Å². The summed E-state index contributed by atoms with van der Waals surface area (Å²) >= 11 is 0. The fraction of sp³-hybridized carbons (Fsp3) is 0.133. The fourth-order valence-corrected chi connectivity index (χ4v) is 7.98. The Bertz CT molecular complexity index is 2400. The molecule has 1 saturated carbocycles. The van der Waals surface area contributed by atoms with Crippen LogP contribution in [0.15, 0.2) is 140 Å². The van der Waals surface area contributed by atoms with Crippen molar-refractivity contribution in [3.05, 3.63) is 156 Å². The predicted molar refractivity (Wildman–Crippen MR) is 199 cm³/mol. The molecule has 7 aromatic rings. The second-order valence-corrected chi connectivity index (χ2v) is 13.3. The van der Waals surface area contributed by atoms with Crippen LogP contribution in [0.25, 0.3) is 67.5 Å². The van der Waals surface area contributed by atoms with Crippen LogP contribution in [0.1, 0.15) is 48.8 Å². The number of fused-ring (bicyclic) bond motifs is 5. The second-order valence-electron chi connectivity index (χ2n) is 13.3. The molecular formula is C45H33N5. The standard InChI is InChI=1S/C45H33N5/c46-28-30-14-20-38-39-27-35(19-21-40(39)45(41(38)25-30)22-5-2-6-23-45)34-11-7-12-36(26-34)44-49-42(32-9-3-1-4-10-32)48-43(50-44)33-17-15-31(16-18-33)37-13-8-24-47-29-37/h1,3-4,7-21,24-27,29H,2,5-6,22-23H2. The van der Waals surface area contributed by atoms with E-state index in [0.717, 1.165) is 57.3 Å². The van der Waals surface area contributed by atoms with Crippen LogP contribution >= 0.6 is 0 Å². The third-order valence-electron chi connectivity index (χ3n) is 10.5.